The molecule has 24 heteroatoms. The Morgan fingerprint density at radius 3 is 2.56 bits per heavy atom. The summed E-state index contributed by atoms with van der Waals surface area (Å²) in [6.45, 7) is -0.764. The molecule has 1 aromatic carbocycles. The van der Waals surface area contributed by atoms with Gasteiger partial charge in [-0.2, -0.15) is 9.97 Å². The van der Waals surface area contributed by atoms with Gasteiger partial charge in [0.25, 0.3) is 5.69 Å². The van der Waals surface area contributed by atoms with Crippen molar-refractivity contribution in [2.24, 2.45) is 0 Å². The van der Waals surface area contributed by atoms with Crippen molar-refractivity contribution in [3.8, 4) is 5.88 Å². The Morgan fingerprint density at radius 1 is 1.07 bits per heavy atom. The molecule has 57 heavy (non-hydrogen) atoms. The van der Waals surface area contributed by atoms with Gasteiger partial charge in [0.05, 0.1) is 43.5 Å². The molecule has 6 heterocycles. The van der Waals surface area contributed by atoms with Gasteiger partial charge in [-0.3, -0.25) is 19.2 Å². The Hall–Kier alpha value is -4.55. The number of ether oxygens (including phenoxy) is 3. The van der Waals surface area contributed by atoms with E-state index in [0.29, 0.717) is 17.6 Å². The average molecular weight is 832 g/mol. The zero-order valence-electron chi connectivity index (χ0n) is 30.7. The number of aromatic nitrogens is 8. The number of benzene rings is 1. The number of fused-ring (bicyclic) bond motifs is 2. The minimum absolute atomic E-state index is 0.00481. The van der Waals surface area contributed by atoms with Crippen LogP contribution in [0.25, 0.3) is 22.3 Å². The first kappa shape index (κ1) is 40.6. The van der Waals surface area contributed by atoms with Crippen LogP contribution < -0.4 is 15.8 Å². The van der Waals surface area contributed by atoms with Crippen LogP contribution in [0.3, 0.4) is 0 Å². The SMILES string of the molecule is CCCC(C)Nc1nc(OCCc2ccc([N+](=O)[O-])cc2)c2ncn([C@@H]3O[C@H](COP(O)(=S)O[C@H]4C[C@H](n5cnc6c(N)ncnc65)O[C@@H]4CO)[C@@H](O)[C@H]3O)c2n1. The number of nitro benzene ring substituents is 1. The van der Waals surface area contributed by atoms with Gasteiger partial charge in [-0.15, -0.1) is 0 Å². The lowest BCUT2D eigenvalue weighted by Gasteiger charge is -2.24. The molecule has 5 aromatic rings. The minimum Gasteiger partial charge on any atom is -0.476 e. The van der Waals surface area contributed by atoms with Gasteiger partial charge in [0.15, 0.2) is 28.9 Å². The molecule has 7 rings (SSSR count). The highest BCUT2D eigenvalue weighted by Crippen LogP contribution is 2.49. The first-order valence-electron chi connectivity index (χ1n) is 18.1. The van der Waals surface area contributed by atoms with E-state index in [4.69, 9.17) is 40.8 Å². The molecule has 2 aliphatic rings. The van der Waals surface area contributed by atoms with Crippen LogP contribution in [0.4, 0.5) is 17.5 Å². The van der Waals surface area contributed by atoms with Crippen molar-refractivity contribution >= 4 is 58.3 Å². The summed E-state index contributed by atoms with van der Waals surface area (Å²) in [6.07, 6.45) is -1.40. The molecule has 0 spiro atoms. The maximum atomic E-state index is 11.2. The summed E-state index contributed by atoms with van der Waals surface area (Å²) in [5, 5.41) is 46.6. The van der Waals surface area contributed by atoms with Crippen LogP contribution in [0.2, 0.25) is 0 Å². The number of nitrogen functional groups attached to an aromatic ring is 1. The fourth-order valence-electron chi connectivity index (χ4n) is 6.71. The number of nitrogens with two attached hydrogens (primary N) is 1. The van der Waals surface area contributed by atoms with Gasteiger partial charge in [0.1, 0.15) is 42.5 Å². The highest BCUT2D eigenvalue weighted by Gasteiger charge is 2.46. The van der Waals surface area contributed by atoms with Gasteiger partial charge in [-0.1, -0.05) is 25.5 Å². The van der Waals surface area contributed by atoms with Crippen molar-refractivity contribution in [1.29, 1.82) is 0 Å². The molecular formula is C33H42N11O11PS. The van der Waals surface area contributed by atoms with Crippen molar-refractivity contribution in [3.63, 3.8) is 0 Å². The van der Waals surface area contributed by atoms with Gasteiger partial charge in [-0.05, 0) is 30.7 Å². The lowest BCUT2D eigenvalue weighted by atomic mass is 10.1. The molecule has 0 aliphatic carbocycles. The fourth-order valence-corrected chi connectivity index (χ4v) is 8.18. The summed E-state index contributed by atoms with van der Waals surface area (Å²) in [4.78, 5) is 47.7. The fraction of sp³-hybridized carbons (Fsp3) is 0.515. The molecule has 7 N–H and O–H groups in total. The molecule has 2 aliphatic heterocycles. The standard InChI is InChI=1S/C33H42N11O11PS/c1-3-4-17(2)39-33-40-30-25(31(41-33)51-10-9-18-5-7-19(8-6-18)44(48)49)38-16-43(30)32-27(47)26(46)22(54-32)13-52-56(50,57)55-20-11-23(53-21(20)12-45)42-15-37-24-28(34)35-14-36-29(24)42/h5-8,14-17,20-23,26-27,32,45-47H,3-4,9-13H2,1-2H3,(H,50,57)(H2,34,35,36)(H,39,40,41)/t17?,20-,21+,22+,23+,26+,27+,32+,56?/m0/s1. The van der Waals surface area contributed by atoms with Gasteiger partial charge >= 0.3 is 6.72 Å². The maximum absolute atomic E-state index is 11.2. The van der Waals surface area contributed by atoms with Gasteiger partial charge in [-0.25, -0.2) is 19.9 Å². The molecule has 2 saturated heterocycles. The maximum Gasteiger partial charge on any atom is 0.324 e. The van der Waals surface area contributed by atoms with Gasteiger partial charge in [0, 0.05) is 31.0 Å². The number of aliphatic hydroxyl groups excluding tert-OH is 3. The Labute approximate surface area is 329 Å². The minimum atomic E-state index is -4.04. The Morgan fingerprint density at radius 2 is 1.82 bits per heavy atom. The predicted octanol–water partition coefficient (Wildman–Crippen LogP) is 1.90. The normalized spacial score (nSPS) is 25.2. The molecule has 2 unspecified atom stereocenters. The number of hydrogen-bond acceptors (Lipinski definition) is 19. The highest BCUT2D eigenvalue weighted by atomic mass is 32.5. The van der Waals surface area contributed by atoms with Crippen molar-refractivity contribution in [3.05, 3.63) is 58.9 Å². The van der Waals surface area contributed by atoms with Crippen LogP contribution >= 0.6 is 6.72 Å². The lowest BCUT2D eigenvalue weighted by Crippen LogP contribution is -2.34. The largest absolute Gasteiger partial charge is 0.476 e. The van der Waals surface area contributed by atoms with Gasteiger partial charge in [0.2, 0.25) is 11.8 Å². The number of rotatable bonds is 17. The molecule has 0 bridgehead atoms. The van der Waals surface area contributed by atoms with E-state index in [1.165, 1.54) is 35.7 Å². The highest BCUT2D eigenvalue weighted by molar-refractivity contribution is 8.07. The summed E-state index contributed by atoms with van der Waals surface area (Å²) in [7, 11) is 0. The molecule has 22 nitrogen and oxygen atoms in total. The summed E-state index contributed by atoms with van der Waals surface area (Å²) in [6, 6.07) is 6.15. The number of aliphatic hydroxyl groups is 3. The van der Waals surface area contributed by atoms with Crippen LogP contribution in [0, 0.1) is 10.1 Å². The molecular weight excluding hydrogens is 789 g/mol. The molecule has 0 radical (unpaired) electrons. The van der Waals surface area contributed by atoms with Crippen LogP contribution in [0.15, 0.2) is 43.2 Å². The Kier molecular flexibility index (Phi) is 12.2. The van der Waals surface area contributed by atoms with E-state index in [1.807, 2.05) is 6.92 Å². The van der Waals surface area contributed by atoms with Gasteiger partial charge < -0.3 is 54.5 Å². The number of anilines is 2. The summed E-state index contributed by atoms with van der Waals surface area (Å²) in [5.41, 5.74) is 7.98. The number of hydrogen-bond donors (Lipinski definition) is 6. The van der Waals surface area contributed by atoms with E-state index >= 15 is 0 Å². The Bertz CT molecular complexity index is 2250. The van der Waals surface area contributed by atoms with Crippen molar-refractivity contribution in [2.45, 2.75) is 88.5 Å². The van der Waals surface area contributed by atoms with E-state index in [-0.39, 0.29) is 53.6 Å². The summed E-state index contributed by atoms with van der Waals surface area (Å²) < 4.78 is 32.6. The van der Waals surface area contributed by atoms with Crippen LogP contribution in [0.5, 0.6) is 5.88 Å². The number of nitro groups is 1. The number of non-ortho nitro benzene ring substituents is 1. The number of imidazole rings is 2. The van der Waals surface area contributed by atoms with Crippen molar-refractivity contribution < 1.29 is 48.4 Å². The van der Waals surface area contributed by atoms with E-state index < -0.39 is 67.8 Å². The topological polar surface area (TPSA) is 295 Å². The molecule has 4 aromatic heterocycles. The molecule has 0 amide bonds. The summed E-state index contributed by atoms with van der Waals surface area (Å²) in [5.74, 6) is 0.572. The molecule has 2 fully saturated rings. The first-order valence-corrected chi connectivity index (χ1v) is 20.7. The number of nitrogens with one attached hydrogen (secondary N) is 1. The molecule has 0 saturated carbocycles. The van der Waals surface area contributed by atoms with Crippen molar-refractivity contribution in [2.75, 3.05) is 30.9 Å². The smallest absolute Gasteiger partial charge is 0.324 e. The predicted molar refractivity (Wildman–Crippen MR) is 204 cm³/mol. The second-order valence-electron chi connectivity index (χ2n) is 13.6. The molecule has 9 atom stereocenters. The first-order chi connectivity index (χ1) is 27.3. The second-order valence-corrected chi connectivity index (χ2v) is 16.4. The average Bonchev–Trinajstić information content (AvgIpc) is 3.96. The van der Waals surface area contributed by atoms with E-state index in [0.717, 1.165) is 18.4 Å². The second kappa shape index (κ2) is 17.1. The van der Waals surface area contributed by atoms with Crippen LogP contribution in [-0.4, -0.2) is 121 Å². The molecule has 306 valence electrons. The number of nitrogens with zero attached hydrogens (tertiary/aromatic N) is 9. The zero-order chi connectivity index (χ0) is 40.4. The Balaban J connectivity index is 1.03. The van der Waals surface area contributed by atoms with E-state index in [9.17, 15) is 30.3 Å². The van der Waals surface area contributed by atoms with Crippen molar-refractivity contribution in [1.82, 2.24) is 39.0 Å². The monoisotopic (exact) mass is 831 g/mol. The summed E-state index contributed by atoms with van der Waals surface area (Å²) >= 11 is 5.30. The zero-order valence-corrected chi connectivity index (χ0v) is 32.4. The third-order valence-electron chi connectivity index (χ3n) is 9.60. The van der Waals surface area contributed by atoms with Crippen LogP contribution in [0.1, 0.15) is 51.1 Å². The lowest BCUT2D eigenvalue weighted by molar-refractivity contribution is -0.384. The van der Waals surface area contributed by atoms with E-state index in [1.54, 1.807) is 16.7 Å². The van der Waals surface area contributed by atoms with Crippen LogP contribution in [-0.2, 0) is 36.7 Å². The van der Waals surface area contributed by atoms with E-state index in [2.05, 4.69) is 42.1 Å². The quantitative estimate of drug-likeness (QED) is 0.0443. The third-order valence-corrected chi connectivity index (χ3v) is 11.2. The third kappa shape index (κ3) is 8.82.